The van der Waals surface area contributed by atoms with Gasteiger partial charge in [0.05, 0.1) is 11.3 Å². The van der Waals surface area contributed by atoms with Crippen LogP contribution in [0.5, 0.6) is 0 Å². The second kappa shape index (κ2) is 8.98. The Morgan fingerprint density at radius 1 is 1.10 bits per heavy atom. The quantitative estimate of drug-likeness (QED) is 0.750. The summed E-state index contributed by atoms with van der Waals surface area (Å²) in [4.78, 5) is 16.7. The van der Waals surface area contributed by atoms with Gasteiger partial charge in [0, 0.05) is 44.7 Å². The van der Waals surface area contributed by atoms with Crippen LogP contribution in [-0.4, -0.2) is 47.0 Å². The summed E-state index contributed by atoms with van der Waals surface area (Å²) in [5.74, 6) is 0.871. The number of hydrogen-bond donors (Lipinski definition) is 0. The molecule has 0 atom stereocenters. The second-order valence-corrected chi connectivity index (χ2v) is 7.51. The highest BCUT2D eigenvalue weighted by Gasteiger charge is 2.30. The lowest BCUT2D eigenvalue weighted by atomic mass is 10.1. The molecule has 1 aliphatic rings. The summed E-state index contributed by atoms with van der Waals surface area (Å²) in [6, 6.07) is 5.30. The van der Waals surface area contributed by atoms with Gasteiger partial charge in [0.2, 0.25) is 5.91 Å². The molecule has 29 heavy (non-hydrogen) atoms. The summed E-state index contributed by atoms with van der Waals surface area (Å²) >= 11 is 0. The molecular formula is C21H26F3N3O2. The number of carbonyl (C=O) groups excluding carboxylic acids is 1. The van der Waals surface area contributed by atoms with Crippen molar-refractivity contribution in [2.45, 2.75) is 45.8 Å². The van der Waals surface area contributed by atoms with Crippen LogP contribution in [0.3, 0.4) is 0 Å². The summed E-state index contributed by atoms with van der Waals surface area (Å²) in [7, 11) is 0. The van der Waals surface area contributed by atoms with Gasteiger partial charge in [-0.1, -0.05) is 17.3 Å². The average Bonchev–Trinajstić information content (AvgIpc) is 2.85. The van der Waals surface area contributed by atoms with Gasteiger partial charge >= 0.3 is 6.18 Å². The van der Waals surface area contributed by atoms with Gasteiger partial charge in [0.1, 0.15) is 5.76 Å². The summed E-state index contributed by atoms with van der Waals surface area (Å²) in [5.41, 5.74) is 2.04. The van der Waals surface area contributed by atoms with E-state index in [1.54, 1.807) is 0 Å². The maximum atomic E-state index is 12.7. The van der Waals surface area contributed by atoms with Crippen LogP contribution in [0.4, 0.5) is 13.2 Å². The molecular weight excluding hydrogens is 383 g/mol. The Bertz CT molecular complexity index is 811. The molecule has 0 radical (unpaired) electrons. The zero-order valence-corrected chi connectivity index (χ0v) is 16.8. The third-order valence-electron chi connectivity index (χ3n) is 5.40. The smallest absolute Gasteiger partial charge is 0.361 e. The Morgan fingerprint density at radius 3 is 2.45 bits per heavy atom. The molecule has 1 aromatic carbocycles. The lowest BCUT2D eigenvalue weighted by Crippen LogP contribution is -2.35. The Morgan fingerprint density at radius 2 is 1.83 bits per heavy atom. The largest absolute Gasteiger partial charge is 0.416 e. The Kier molecular flexibility index (Phi) is 6.62. The van der Waals surface area contributed by atoms with Crippen LogP contribution in [-0.2, 0) is 23.9 Å². The number of hydrogen-bond acceptors (Lipinski definition) is 4. The highest BCUT2D eigenvalue weighted by molar-refractivity contribution is 5.76. The van der Waals surface area contributed by atoms with Gasteiger partial charge in [-0.3, -0.25) is 9.69 Å². The molecule has 0 unspecified atom stereocenters. The fourth-order valence-electron chi connectivity index (χ4n) is 3.68. The van der Waals surface area contributed by atoms with E-state index in [1.807, 2.05) is 18.7 Å². The van der Waals surface area contributed by atoms with Crippen molar-refractivity contribution in [3.8, 4) is 0 Å². The van der Waals surface area contributed by atoms with Crippen molar-refractivity contribution in [1.29, 1.82) is 0 Å². The molecule has 158 valence electrons. The molecule has 1 saturated heterocycles. The molecule has 0 bridgehead atoms. The fraction of sp³-hybridized carbons (Fsp3) is 0.524. The predicted molar refractivity (Wildman–Crippen MR) is 102 cm³/mol. The van der Waals surface area contributed by atoms with Gasteiger partial charge in [0.15, 0.2) is 0 Å². The van der Waals surface area contributed by atoms with Crippen molar-refractivity contribution < 1.29 is 22.5 Å². The summed E-state index contributed by atoms with van der Waals surface area (Å²) in [6.45, 7) is 7.16. The number of aromatic nitrogens is 1. The van der Waals surface area contributed by atoms with E-state index in [0.717, 1.165) is 47.7 Å². The third kappa shape index (κ3) is 5.59. The SMILES string of the molecule is Cc1noc(C)c1CCC(=O)N1CCCN(Cc2ccc(C(F)(F)F)cc2)CC1. The van der Waals surface area contributed by atoms with Crippen molar-refractivity contribution >= 4 is 5.91 Å². The van der Waals surface area contributed by atoms with Crippen molar-refractivity contribution in [2.24, 2.45) is 0 Å². The molecule has 3 rings (SSSR count). The Balaban J connectivity index is 1.50. The van der Waals surface area contributed by atoms with Gasteiger partial charge in [-0.15, -0.1) is 0 Å². The summed E-state index contributed by atoms with van der Waals surface area (Å²) < 4.78 is 43.2. The van der Waals surface area contributed by atoms with E-state index >= 15 is 0 Å². The topological polar surface area (TPSA) is 49.6 Å². The van der Waals surface area contributed by atoms with Crippen LogP contribution in [0.2, 0.25) is 0 Å². The molecule has 0 aliphatic carbocycles. The first kappa shape index (κ1) is 21.4. The fourth-order valence-corrected chi connectivity index (χ4v) is 3.68. The first-order chi connectivity index (χ1) is 13.7. The monoisotopic (exact) mass is 409 g/mol. The van der Waals surface area contributed by atoms with E-state index in [1.165, 1.54) is 12.1 Å². The normalized spacial score (nSPS) is 16.1. The van der Waals surface area contributed by atoms with Crippen LogP contribution in [0, 0.1) is 13.8 Å². The molecule has 8 heteroatoms. The first-order valence-electron chi connectivity index (χ1n) is 9.82. The predicted octanol–water partition coefficient (Wildman–Crippen LogP) is 3.98. The highest BCUT2D eigenvalue weighted by Crippen LogP contribution is 2.29. The highest BCUT2D eigenvalue weighted by atomic mass is 19.4. The van der Waals surface area contributed by atoms with Crippen LogP contribution in [0.1, 0.15) is 41.0 Å². The first-order valence-corrected chi connectivity index (χ1v) is 9.82. The molecule has 0 spiro atoms. The van der Waals surface area contributed by atoms with Crippen LogP contribution >= 0.6 is 0 Å². The molecule has 5 nitrogen and oxygen atoms in total. The lowest BCUT2D eigenvalue weighted by molar-refractivity contribution is -0.137. The molecule has 1 aromatic heterocycles. The standard InChI is InChI=1S/C21H26F3N3O2/c1-15-19(16(2)29-25-15)8-9-20(28)27-11-3-10-26(12-13-27)14-17-4-6-18(7-5-17)21(22,23)24/h4-7H,3,8-14H2,1-2H3. The molecule has 1 amide bonds. The van der Waals surface area contributed by atoms with E-state index in [4.69, 9.17) is 4.52 Å². The van der Waals surface area contributed by atoms with Crippen molar-refractivity contribution in [3.05, 3.63) is 52.4 Å². The van der Waals surface area contributed by atoms with Gasteiger partial charge in [-0.05, 0) is 44.4 Å². The molecule has 0 N–H and O–H groups in total. The van der Waals surface area contributed by atoms with Gasteiger partial charge < -0.3 is 9.42 Å². The number of carbonyl (C=O) groups is 1. The minimum Gasteiger partial charge on any atom is -0.361 e. The summed E-state index contributed by atoms with van der Waals surface area (Å²) in [6.07, 6.45) is -2.43. The van der Waals surface area contributed by atoms with Crippen LogP contribution in [0.25, 0.3) is 0 Å². The Labute approximate surface area is 168 Å². The number of nitrogens with zero attached hydrogens (tertiary/aromatic N) is 3. The molecule has 1 aliphatic heterocycles. The van der Waals surface area contributed by atoms with Crippen molar-refractivity contribution in [2.75, 3.05) is 26.2 Å². The number of rotatable bonds is 5. The molecule has 0 saturated carbocycles. The number of amides is 1. The molecule has 2 aromatic rings. The van der Waals surface area contributed by atoms with Crippen molar-refractivity contribution in [3.63, 3.8) is 0 Å². The zero-order valence-electron chi connectivity index (χ0n) is 16.8. The molecule has 2 heterocycles. The van der Waals surface area contributed by atoms with Crippen LogP contribution < -0.4 is 0 Å². The van der Waals surface area contributed by atoms with E-state index in [-0.39, 0.29) is 5.91 Å². The summed E-state index contributed by atoms with van der Waals surface area (Å²) in [5, 5.41) is 3.92. The second-order valence-electron chi connectivity index (χ2n) is 7.51. The maximum Gasteiger partial charge on any atom is 0.416 e. The zero-order chi connectivity index (χ0) is 21.0. The Hall–Kier alpha value is -2.35. The van der Waals surface area contributed by atoms with E-state index < -0.39 is 11.7 Å². The lowest BCUT2D eigenvalue weighted by Gasteiger charge is -2.22. The maximum absolute atomic E-state index is 12.7. The van der Waals surface area contributed by atoms with Crippen molar-refractivity contribution in [1.82, 2.24) is 15.0 Å². The van der Waals surface area contributed by atoms with Crippen LogP contribution in [0.15, 0.2) is 28.8 Å². The minimum absolute atomic E-state index is 0.112. The van der Waals surface area contributed by atoms with Gasteiger partial charge in [0.25, 0.3) is 0 Å². The number of aryl methyl sites for hydroxylation is 2. The number of halogens is 3. The number of alkyl halides is 3. The van der Waals surface area contributed by atoms with Gasteiger partial charge in [-0.2, -0.15) is 13.2 Å². The molecule has 1 fully saturated rings. The average molecular weight is 409 g/mol. The van der Waals surface area contributed by atoms with E-state index in [0.29, 0.717) is 39.0 Å². The number of benzene rings is 1. The van der Waals surface area contributed by atoms with E-state index in [9.17, 15) is 18.0 Å². The van der Waals surface area contributed by atoms with E-state index in [2.05, 4.69) is 10.1 Å². The minimum atomic E-state index is -4.31. The van der Waals surface area contributed by atoms with Gasteiger partial charge in [-0.25, -0.2) is 0 Å². The third-order valence-corrected chi connectivity index (χ3v) is 5.40.